The van der Waals surface area contributed by atoms with Gasteiger partial charge in [-0.3, -0.25) is 4.68 Å². The molecule has 2 aliphatic rings. The molecule has 0 aromatic carbocycles. The van der Waals surface area contributed by atoms with Gasteiger partial charge in [0.05, 0.1) is 12.8 Å². The fraction of sp³-hybridized carbons (Fsp3) is 0.769. The molecule has 0 spiro atoms. The molecule has 4 heteroatoms. The topological polar surface area (TPSA) is 39.1 Å². The summed E-state index contributed by atoms with van der Waals surface area (Å²) in [5, 5.41) is 7.91. The minimum atomic E-state index is 0.297. The van der Waals surface area contributed by atoms with E-state index in [-0.39, 0.29) is 0 Å². The number of ether oxygens (including phenoxy) is 1. The van der Waals surface area contributed by atoms with Crippen LogP contribution in [0.2, 0.25) is 0 Å². The fourth-order valence-corrected chi connectivity index (χ4v) is 2.64. The van der Waals surface area contributed by atoms with Crippen LogP contribution in [0.4, 0.5) is 0 Å². The molecule has 1 atom stereocenters. The van der Waals surface area contributed by atoms with Crippen molar-refractivity contribution in [1.82, 2.24) is 15.1 Å². The number of hydrogen-bond donors (Lipinski definition) is 1. The molecule has 17 heavy (non-hydrogen) atoms. The molecule has 94 valence electrons. The van der Waals surface area contributed by atoms with E-state index in [9.17, 15) is 0 Å². The summed E-state index contributed by atoms with van der Waals surface area (Å²) in [6.45, 7) is 2.89. The maximum Gasteiger partial charge on any atom is 0.0538 e. The van der Waals surface area contributed by atoms with Crippen LogP contribution in [-0.2, 0) is 18.2 Å². The predicted molar refractivity (Wildman–Crippen MR) is 65.8 cm³/mol. The third-order valence-corrected chi connectivity index (χ3v) is 3.87. The molecule has 1 aromatic heterocycles. The van der Waals surface area contributed by atoms with Crippen LogP contribution in [0.3, 0.4) is 0 Å². The molecular formula is C13H21N3O. The Morgan fingerprint density at radius 1 is 1.59 bits per heavy atom. The number of hydrogen-bond acceptors (Lipinski definition) is 3. The lowest BCUT2D eigenvalue weighted by molar-refractivity contribution is 0.149. The maximum absolute atomic E-state index is 5.62. The lowest BCUT2D eigenvalue weighted by Crippen LogP contribution is -2.37. The number of aryl methyl sites for hydroxylation is 1. The minimum Gasteiger partial charge on any atom is -0.381 e. The Morgan fingerprint density at radius 2 is 2.47 bits per heavy atom. The predicted octanol–water partition coefficient (Wildman–Crippen LogP) is 1.12. The van der Waals surface area contributed by atoms with E-state index in [1.54, 1.807) is 0 Å². The molecule has 1 aromatic rings. The van der Waals surface area contributed by atoms with Crippen LogP contribution in [0.1, 0.15) is 24.8 Å². The average molecular weight is 235 g/mol. The van der Waals surface area contributed by atoms with Gasteiger partial charge in [-0.05, 0) is 31.2 Å². The first kappa shape index (κ1) is 11.2. The summed E-state index contributed by atoms with van der Waals surface area (Å²) in [4.78, 5) is 0. The standard InChI is InChI=1S/C13H21N3O/c1-16-8-11(7-15-16)6-13(4-5-17-10-13)9-14-12-2-3-12/h7-8,12,14H,2-6,9-10H2,1H3. The highest BCUT2D eigenvalue weighted by molar-refractivity contribution is 5.09. The van der Waals surface area contributed by atoms with Crippen molar-refractivity contribution in [3.05, 3.63) is 18.0 Å². The highest BCUT2D eigenvalue weighted by Gasteiger charge is 2.36. The van der Waals surface area contributed by atoms with Gasteiger partial charge < -0.3 is 10.1 Å². The van der Waals surface area contributed by atoms with Crippen molar-refractivity contribution >= 4 is 0 Å². The molecule has 0 bridgehead atoms. The average Bonchev–Trinajstić information content (AvgIpc) is 2.90. The van der Waals surface area contributed by atoms with E-state index in [2.05, 4.69) is 16.6 Å². The van der Waals surface area contributed by atoms with Gasteiger partial charge >= 0.3 is 0 Å². The number of aromatic nitrogens is 2. The largest absolute Gasteiger partial charge is 0.381 e. The summed E-state index contributed by atoms with van der Waals surface area (Å²) in [6.07, 6.45) is 9.06. The Hall–Kier alpha value is -0.870. The van der Waals surface area contributed by atoms with Crippen molar-refractivity contribution < 1.29 is 4.74 Å². The van der Waals surface area contributed by atoms with Gasteiger partial charge in [-0.1, -0.05) is 0 Å². The SMILES string of the molecule is Cn1cc(CC2(CNC3CC3)CCOC2)cn1. The van der Waals surface area contributed by atoms with Crippen molar-refractivity contribution in [2.75, 3.05) is 19.8 Å². The van der Waals surface area contributed by atoms with Gasteiger partial charge in [0.1, 0.15) is 0 Å². The van der Waals surface area contributed by atoms with Gasteiger partial charge in [-0.15, -0.1) is 0 Å². The van der Waals surface area contributed by atoms with Crippen molar-refractivity contribution in [3.63, 3.8) is 0 Å². The third-order valence-electron chi connectivity index (χ3n) is 3.87. The Balaban J connectivity index is 1.65. The van der Waals surface area contributed by atoms with E-state index in [0.29, 0.717) is 5.41 Å². The monoisotopic (exact) mass is 235 g/mol. The van der Waals surface area contributed by atoms with Gasteiger partial charge in [0.25, 0.3) is 0 Å². The van der Waals surface area contributed by atoms with E-state index >= 15 is 0 Å². The summed E-state index contributed by atoms with van der Waals surface area (Å²) < 4.78 is 7.51. The molecule has 0 radical (unpaired) electrons. The summed E-state index contributed by atoms with van der Waals surface area (Å²) in [7, 11) is 1.98. The summed E-state index contributed by atoms with van der Waals surface area (Å²) in [6, 6.07) is 0.779. The second kappa shape index (κ2) is 4.42. The fourth-order valence-electron chi connectivity index (χ4n) is 2.64. The van der Waals surface area contributed by atoms with Crippen molar-refractivity contribution in [3.8, 4) is 0 Å². The van der Waals surface area contributed by atoms with Crippen LogP contribution in [0.25, 0.3) is 0 Å². The van der Waals surface area contributed by atoms with Crippen LogP contribution in [0, 0.1) is 5.41 Å². The Bertz CT molecular complexity index is 378. The van der Waals surface area contributed by atoms with Crippen molar-refractivity contribution in [2.45, 2.75) is 31.7 Å². The zero-order chi connectivity index (χ0) is 11.7. The van der Waals surface area contributed by atoms with Crippen molar-refractivity contribution in [2.24, 2.45) is 12.5 Å². The first-order valence-electron chi connectivity index (χ1n) is 6.54. The Labute approximate surface area is 102 Å². The van der Waals surface area contributed by atoms with Gasteiger partial charge in [0.2, 0.25) is 0 Å². The second-order valence-electron chi connectivity index (χ2n) is 5.66. The summed E-state index contributed by atoms with van der Waals surface area (Å²) >= 11 is 0. The zero-order valence-electron chi connectivity index (χ0n) is 10.5. The molecular weight excluding hydrogens is 214 g/mol. The van der Waals surface area contributed by atoms with Crippen LogP contribution < -0.4 is 5.32 Å². The van der Waals surface area contributed by atoms with Gasteiger partial charge in [0, 0.05) is 37.9 Å². The molecule has 3 rings (SSSR count). The smallest absolute Gasteiger partial charge is 0.0538 e. The van der Waals surface area contributed by atoms with E-state index in [4.69, 9.17) is 4.74 Å². The quantitative estimate of drug-likeness (QED) is 0.831. The van der Waals surface area contributed by atoms with E-state index in [1.165, 1.54) is 24.8 Å². The lowest BCUT2D eigenvalue weighted by Gasteiger charge is -2.27. The van der Waals surface area contributed by atoms with Crippen molar-refractivity contribution in [1.29, 1.82) is 0 Å². The molecule has 0 amide bonds. The zero-order valence-corrected chi connectivity index (χ0v) is 10.5. The molecule has 4 nitrogen and oxygen atoms in total. The highest BCUT2D eigenvalue weighted by atomic mass is 16.5. The molecule has 2 heterocycles. The summed E-state index contributed by atoms with van der Waals surface area (Å²) in [5.41, 5.74) is 1.63. The number of rotatable bonds is 5. The van der Waals surface area contributed by atoms with Crippen LogP contribution in [0.15, 0.2) is 12.4 Å². The van der Waals surface area contributed by atoms with Crippen LogP contribution >= 0.6 is 0 Å². The van der Waals surface area contributed by atoms with Gasteiger partial charge in [0.15, 0.2) is 0 Å². The molecule has 2 fully saturated rings. The molecule has 1 N–H and O–H groups in total. The molecule has 1 aliphatic carbocycles. The number of nitrogens with zero attached hydrogens (tertiary/aromatic N) is 2. The van der Waals surface area contributed by atoms with E-state index in [1.807, 2.05) is 17.9 Å². The first-order chi connectivity index (χ1) is 8.26. The molecule has 1 saturated heterocycles. The first-order valence-corrected chi connectivity index (χ1v) is 6.54. The van der Waals surface area contributed by atoms with Gasteiger partial charge in [-0.2, -0.15) is 5.10 Å². The Kier molecular flexibility index (Phi) is 2.92. The van der Waals surface area contributed by atoms with E-state index in [0.717, 1.165) is 32.2 Å². The van der Waals surface area contributed by atoms with Crippen LogP contribution in [-0.4, -0.2) is 35.6 Å². The van der Waals surface area contributed by atoms with E-state index < -0.39 is 0 Å². The Morgan fingerprint density at radius 3 is 3.06 bits per heavy atom. The normalized spacial score (nSPS) is 28.8. The number of nitrogens with one attached hydrogen (secondary N) is 1. The lowest BCUT2D eigenvalue weighted by atomic mass is 9.81. The molecule has 1 aliphatic heterocycles. The highest BCUT2D eigenvalue weighted by Crippen LogP contribution is 2.33. The van der Waals surface area contributed by atoms with Gasteiger partial charge in [-0.25, -0.2) is 0 Å². The second-order valence-corrected chi connectivity index (χ2v) is 5.66. The maximum atomic E-state index is 5.62. The summed E-state index contributed by atoms with van der Waals surface area (Å²) in [5.74, 6) is 0. The third kappa shape index (κ3) is 2.69. The van der Waals surface area contributed by atoms with Crippen LogP contribution in [0.5, 0.6) is 0 Å². The minimum absolute atomic E-state index is 0.297. The molecule has 1 unspecified atom stereocenters. The molecule has 1 saturated carbocycles.